The number of nitrogens with one attached hydrogen (secondary N) is 1. The Hall–Kier alpha value is -0.590. The highest BCUT2D eigenvalue weighted by Crippen LogP contribution is 2.23. The predicted octanol–water partition coefficient (Wildman–Crippen LogP) is 2.86. The molecule has 2 atom stereocenters. The fourth-order valence-electron chi connectivity index (χ4n) is 2.03. The van der Waals surface area contributed by atoms with Gasteiger partial charge >= 0.3 is 0 Å². The van der Waals surface area contributed by atoms with E-state index in [4.69, 9.17) is 4.74 Å². The van der Waals surface area contributed by atoms with Crippen molar-refractivity contribution in [2.75, 3.05) is 6.61 Å². The van der Waals surface area contributed by atoms with Gasteiger partial charge in [-0.05, 0) is 39.0 Å². The molecule has 0 aromatic rings. The highest BCUT2D eigenvalue weighted by atomic mass is 16.5. The van der Waals surface area contributed by atoms with Gasteiger partial charge in [0.15, 0.2) is 0 Å². The highest BCUT2D eigenvalue weighted by molar-refractivity contribution is 5.07. The summed E-state index contributed by atoms with van der Waals surface area (Å²) in [7, 11) is 0. The van der Waals surface area contributed by atoms with Crippen LogP contribution >= 0.6 is 0 Å². The molecule has 3 nitrogen and oxygen atoms in total. The third kappa shape index (κ3) is 6.05. The van der Waals surface area contributed by atoms with Crippen LogP contribution in [0.4, 0.5) is 0 Å². The van der Waals surface area contributed by atoms with E-state index in [9.17, 15) is 5.26 Å². The average molecular weight is 238 g/mol. The van der Waals surface area contributed by atoms with Crippen molar-refractivity contribution < 1.29 is 4.74 Å². The number of nitriles is 1. The van der Waals surface area contributed by atoms with Crippen molar-refractivity contribution in [1.82, 2.24) is 5.32 Å². The molecule has 0 amide bonds. The Morgan fingerprint density at radius 3 is 2.53 bits per heavy atom. The van der Waals surface area contributed by atoms with E-state index in [-0.39, 0.29) is 0 Å². The SMILES string of the molecule is CC(C)CC(C)OCCC(C)(C#N)NC1CC1. The fourth-order valence-corrected chi connectivity index (χ4v) is 2.03. The maximum absolute atomic E-state index is 9.20. The summed E-state index contributed by atoms with van der Waals surface area (Å²) < 4.78 is 5.76. The molecular weight excluding hydrogens is 212 g/mol. The molecule has 1 rings (SSSR count). The number of hydrogen-bond acceptors (Lipinski definition) is 3. The number of hydrogen-bond donors (Lipinski definition) is 1. The smallest absolute Gasteiger partial charge is 0.106 e. The van der Waals surface area contributed by atoms with Crippen molar-refractivity contribution >= 4 is 0 Å². The average Bonchev–Trinajstić information content (AvgIpc) is 3.00. The molecule has 0 bridgehead atoms. The van der Waals surface area contributed by atoms with Gasteiger partial charge in [0.1, 0.15) is 5.54 Å². The normalized spacial score (nSPS) is 20.9. The molecule has 1 fully saturated rings. The van der Waals surface area contributed by atoms with Gasteiger partial charge in [-0.1, -0.05) is 13.8 Å². The monoisotopic (exact) mass is 238 g/mol. The van der Waals surface area contributed by atoms with Crippen LogP contribution < -0.4 is 5.32 Å². The summed E-state index contributed by atoms with van der Waals surface area (Å²) in [5.74, 6) is 0.664. The van der Waals surface area contributed by atoms with E-state index in [0.717, 1.165) is 12.8 Å². The molecule has 0 saturated heterocycles. The second-order valence-corrected chi connectivity index (χ2v) is 5.92. The van der Waals surface area contributed by atoms with Crippen LogP contribution in [-0.2, 0) is 4.74 Å². The van der Waals surface area contributed by atoms with E-state index >= 15 is 0 Å². The van der Waals surface area contributed by atoms with E-state index in [2.05, 4.69) is 32.2 Å². The molecule has 0 aliphatic heterocycles. The molecule has 0 radical (unpaired) electrons. The second kappa shape index (κ2) is 6.37. The maximum atomic E-state index is 9.20. The van der Waals surface area contributed by atoms with Crippen molar-refractivity contribution in [3.8, 4) is 6.07 Å². The Balaban J connectivity index is 2.20. The van der Waals surface area contributed by atoms with Crippen molar-refractivity contribution in [3.63, 3.8) is 0 Å². The van der Waals surface area contributed by atoms with E-state index in [1.54, 1.807) is 0 Å². The number of rotatable bonds is 8. The summed E-state index contributed by atoms with van der Waals surface area (Å²) >= 11 is 0. The minimum Gasteiger partial charge on any atom is -0.378 e. The van der Waals surface area contributed by atoms with Gasteiger partial charge in [-0.2, -0.15) is 5.26 Å². The standard InChI is InChI=1S/C14H26N2O/c1-11(2)9-12(3)17-8-7-14(4,10-15)16-13-5-6-13/h11-13,16H,5-9H2,1-4H3. The van der Waals surface area contributed by atoms with Crippen molar-refractivity contribution in [2.24, 2.45) is 5.92 Å². The lowest BCUT2D eigenvalue weighted by molar-refractivity contribution is 0.0427. The van der Waals surface area contributed by atoms with Gasteiger partial charge in [0.2, 0.25) is 0 Å². The zero-order chi connectivity index (χ0) is 12.9. The lowest BCUT2D eigenvalue weighted by atomic mass is 10.0. The van der Waals surface area contributed by atoms with Crippen molar-refractivity contribution in [3.05, 3.63) is 0 Å². The van der Waals surface area contributed by atoms with E-state index in [0.29, 0.717) is 24.7 Å². The van der Waals surface area contributed by atoms with Crippen LogP contribution in [0.3, 0.4) is 0 Å². The van der Waals surface area contributed by atoms with Crippen LogP contribution in [0.15, 0.2) is 0 Å². The first-order chi connectivity index (χ1) is 7.95. The molecule has 1 N–H and O–H groups in total. The van der Waals surface area contributed by atoms with Gasteiger partial charge in [0.25, 0.3) is 0 Å². The summed E-state index contributed by atoms with van der Waals surface area (Å²) in [5, 5.41) is 12.6. The molecule has 1 saturated carbocycles. The molecule has 0 aromatic heterocycles. The molecule has 1 aliphatic rings. The molecule has 0 aromatic carbocycles. The zero-order valence-corrected chi connectivity index (χ0v) is 11.6. The second-order valence-electron chi connectivity index (χ2n) is 5.92. The minimum atomic E-state index is -0.418. The first-order valence-corrected chi connectivity index (χ1v) is 6.76. The molecule has 17 heavy (non-hydrogen) atoms. The molecular formula is C14H26N2O. The van der Waals surface area contributed by atoms with Gasteiger partial charge in [0.05, 0.1) is 12.2 Å². The molecule has 1 aliphatic carbocycles. The number of ether oxygens (including phenoxy) is 1. The van der Waals surface area contributed by atoms with Crippen LogP contribution in [0.25, 0.3) is 0 Å². The van der Waals surface area contributed by atoms with Crippen molar-refractivity contribution in [1.29, 1.82) is 5.26 Å². The molecule has 0 spiro atoms. The molecule has 2 unspecified atom stereocenters. The topological polar surface area (TPSA) is 45.0 Å². The summed E-state index contributed by atoms with van der Waals surface area (Å²) in [6, 6.07) is 2.94. The summed E-state index contributed by atoms with van der Waals surface area (Å²) in [6.07, 6.45) is 4.56. The Morgan fingerprint density at radius 2 is 2.06 bits per heavy atom. The highest BCUT2D eigenvalue weighted by Gasteiger charge is 2.32. The van der Waals surface area contributed by atoms with Crippen LogP contribution in [-0.4, -0.2) is 24.3 Å². The summed E-state index contributed by atoms with van der Waals surface area (Å²) in [5.41, 5.74) is -0.418. The van der Waals surface area contributed by atoms with Crippen molar-refractivity contribution in [2.45, 2.75) is 71.1 Å². The van der Waals surface area contributed by atoms with E-state index in [1.165, 1.54) is 12.8 Å². The molecule has 98 valence electrons. The van der Waals surface area contributed by atoms with E-state index < -0.39 is 5.54 Å². The van der Waals surface area contributed by atoms with Crippen LogP contribution in [0.5, 0.6) is 0 Å². The third-order valence-electron chi connectivity index (χ3n) is 3.15. The summed E-state index contributed by atoms with van der Waals surface area (Å²) in [6.45, 7) is 9.15. The first kappa shape index (κ1) is 14.5. The zero-order valence-electron chi connectivity index (χ0n) is 11.6. The fraction of sp³-hybridized carbons (Fsp3) is 0.929. The van der Waals surface area contributed by atoms with Gasteiger partial charge < -0.3 is 4.74 Å². The lowest BCUT2D eigenvalue weighted by Crippen LogP contribution is -2.43. The molecule has 3 heteroatoms. The Morgan fingerprint density at radius 1 is 1.41 bits per heavy atom. The van der Waals surface area contributed by atoms with Gasteiger partial charge in [-0.3, -0.25) is 5.32 Å². The summed E-state index contributed by atoms with van der Waals surface area (Å²) in [4.78, 5) is 0. The minimum absolute atomic E-state index is 0.291. The lowest BCUT2D eigenvalue weighted by Gasteiger charge is -2.24. The molecule has 0 heterocycles. The van der Waals surface area contributed by atoms with Gasteiger partial charge in [-0.25, -0.2) is 0 Å². The third-order valence-corrected chi connectivity index (χ3v) is 3.15. The van der Waals surface area contributed by atoms with E-state index in [1.807, 2.05) is 6.92 Å². The Bertz CT molecular complexity index is 268. The first-order valence-electron chi connectivity index (χ1n) is 6.76. The largest absolute Gasteiger partial charge is 0.378 e. The van der Waals surface area contributed by atoms with Gasteiger partial charge in [-0.15, -0.1) is 0 Å². The van der Waals surface area contributed by atoms with Gasteiger partial charge in [0, 0.05) is 19.1 Å². The van der Waals surface area contributed by atoms with Crippen LogP contribution in [0.2, 0.25) is 0 Å². The Labute approximate surface area is 106 Å². The predicted molar refractivity (Wildman–Crippen MR) is 69.7 cm³/mol. The maximum Gasteiger partial charge on any atom is 0.106 e. The Kier molecular flexibility index (Phi) is 5.42. The quantitative estimate of drug-likeness (QED) is 0.707. The van der Waals surface area contributed by atoms with Crippen LogP contribution in [0.1, 0.15) is 53.4 Å². The van der Waals surface area contributed by atoms with Crippen LogP contribution in [0, 0.1) is 17.2 Å². The number of nitrogens with zero attached hydrogens (tertiary/aromatic N) is 1.